The second-order valence-corrected chi connectivity index (χ2v) is 5.67. The van der Waals surface area contributed by atoms with Crippen LogP contribution in [0.5, 0.6) is 5.75 Å². The molecule has 0 saturated heterocycles. The number of benzene rings is 1. The fraction of sp³-hybridized carbons (Fsp3) is 0.400. The first-order chi connectivity index (χ1) is 7.86. The molecule has 1 atom stereocenters. The summed E-state index contributed by atoms with van der Waals surface area (Å²) in [5.41, 5.74) is 0. The van der Waals surface area contributed by atoms with Gasteiger partial charge in [-0.15, -0.1) is 0 Å². The second kappa shape index (κ2) is 5.68. The van der Waals surface area contributed by atoms with Crippen LogP contribution in [0.3, 0.4) is 0 Å². The van der Waals surface area contributed by atoms with E-state index in [0.717, 1.165) is 0 Å². The monoisotopic (exact) mass is 279 g/mol. The molecule has 0 amide bonds. The van der Waals surface area contributed by atoms with Crippen LogP contribution in [0.2, 0.25) is 5.02 Å². The summed E-state index contributed by atoms with van der Waals surface area (Å²) in [6.07, 6.45) is -0.751. The zero-order chi connectivity index (χ0) is 13.1. The number of aliphatic hydroxyl groups excluding tert-OH is 1. The standard InChI is InChI=1S/C10H14ClNO4S/c1-7(13)6-12-17(14,15)8-3-4-10(16-2)9(11)5-8/h3-5,7,12-13H,6H2,1-2H3/t7-/m0/s1. The van der Waals surface area contributed by atoms with Crippen molar-refractivity contribution in [2.75, 3.05) is 13.7 Å². The first kappa shape index (κ1) is 14.2. The van der Waals surface area contributed by atoms with Gasteiger partial charge in [0.2, 0.25) is 10.0 Å². The van der Waals surface area contributed by atoms with Crippen molar-refractivity contribution in [1.82, 2.24) is 4.72 Å². The number of sulfonamides is 1. The summed E-state index contributed by atoms with van der Waals surface area (Å²) in [5.74, 6) is 0.404. The van der Waals surface area contributed by atoms with Gasteiger partial charge in [0.15, 0.2) is 0 Å². The highest BCUT2D eigenvalue weighted by atomic mass is 35.5. The van der Waals surface area contributed by atoms with E-state index in [2.05, 4.69) is 4.72 Å². The first-order valence-corrected chi connectivity index (χ1v) is 6.74. The van der Waals surface area contributed by atoms with Gasteiger partial charge in [-0.25, -0.2) is 13.1 Å². The molecule has 1 aromatic carbocycles. The molecule has 0 heterocycles. The molecule has 1 rings (SSSR count). The molecular formula is C10H14ClNO4S. The van der Waals surface area contributed by atoms with Crippen molar-refractivity contribution in [3.8, 4) is 5.75 Å². The summed E-state index contributed by atoms with van der Waals surface area (Å²) in [7, 11) is -2.21. The Kier molecular flexibility index (Phi) is 4.76. The second-order valence-electron chi connectivity index (χ2n) is 3.50. The van der Waals surface area contributed by atoms with E-state index in [-0.39, 0.29) is 16.5 Å². The Labute approximate surface area is 105 Å². The molecule has 0 aliphatic heterocycles. The van der Waals surface area contributed by atoms with Crippen molar-refractivity contribution < 1.29 is 18.3 Å². The van der Waals surface area contributed by atoms with Crippen LogP contribution in [0, 0.1) is 0 Å². The molecule has 0 aromatic heterocycles. The van der Waals surface area contributed by atoms with Crippen molar-refractivity contribution in [2.45, 2.75) is 17.9 Å². The van der Waals surface area contributed by atoms with Gasteiger partial charge >= 0.3 is 0 Å². The maximum absolute atomic E-state index is 11.8. The highest BCUT2D eigenvalue weighted by molar-refractivity contribution is 7.89. The summed E-state index contributed by atoms with van der Waals surface area (Å²) in [5, 5.41) is 9.24. The summed E-state index contributed by atoms with van der Waals surface area (Å²) in [6.45, 7) is 1.44. The minimum absolute atomic E-state index is 0.0314. The van der Waals surface area contributed by atoms with Crippen LogP contribution in [-0.4, -0.2) is 33.3 Å². The maximum Gasteiger partial charge on any atom is 0.240 e. The Morgan fingerprint density at radius 1 is 1.53 bits per heavy atom. The van der Waals surface area contributed by atoms with Gasteiger partial charge < -0.3 is 9.84 Å². The highest BCUT2D eigenvalue weighted by Gasteiger charge is 2.16. The molecule has 0 aliphatic rings. The van der Waals surface area contributed by atoms with Crippen molar-refractivity contribution >= 4 is 21.6 Å². The Morgan fingerprint density at radius 2 is 2.18 bits per heavy atom. The molecular weight excluding hydrogens is 266 g/mol. The quantitative estimate of drug-likeness (QED) is 0.843. The van der Waals surface area contributed by atoms with Crippen LogP contribution in [-0.2, 0) is 10.0 Å². The molecule has 2 N–H and O–H groups in total. The van der Waals surface area contributed by atoms with Crippen LogP contribution in [0.1, 0.15) is 6.92 Å². The third-order valence-corrected chi connectivity index (χ3v) is 3.72. The van der Waals surface area contributed by atoms with E-state index < -0.39 is 16.1 Å². The smallest absolute Gasteiger partial charge is 0.240 e. The zero-order valence-corrected chi connectivity index (χ0v) is 11.0. The molecule has 0 spiro atoms. The molecule has 96 valence electrons. The third kappa shape index (κ3) is 3.85. The van der Waals surface area contributed by atoms with Crippen LogP contribution in [0.25, 0.3) is 0 Å². The van der Waals surface area contributed by atoms with E-state index >= 15 is 0 Å². The molecule has 5 nitrogen and oxygen atoms in total. The lowest BCUT2D eigenvalue weighted by Crippen LogP contribution is -2.30. The van der Waals surface area contributed by atoms with Crippen molar-refractivity contribution in [2.24, 2.45) is 0 Å². The van der Waals surface area contributed by atoms with E-state index in [9.17, 15) is 8.42 Å². The Hall–Kier alpha value is -0.820. The minimum atomic E-state index is -3.65. The van der Waals surface area contributed by atoms with Crippen LogP contribution >= 0.6 is 11.6 Å². The normalized spacial score (nSPS) is 13.4. The van der Waals surface area contributed by atoms with Gasteiger partial charge in [-0.05, 0) is 25.1 Å². The molecule has 0 radical (unpaired) electrons. The SMILES string of the molecule is COc1ccc(S(=O)(=O)NC[C@H](C)O)cc1Cl. The number of aliphatic hydroxyl groups is 1. The number of halogens is 1. The van der Waals surface area contributed by atoms with Gasteiger partial charge in [0, 0.05) is 6.54 Å². The number of rotatable bonds is 5. The number of hydrogen-bond acceptors (Lipinski definition) is 4. The Balaban J connectivity index is 2.96. The number of methoxy groups -OCH3 is 1. The average molecular weight is 280 g/mol. The van der Waals surface area contributed by atoms with Gasteiger partial charge in [0.1, 0.15) is 5.75 Å². The lowest BCUT2D eigenvalue weighted by atomic mass is 10.3. The number of nitrogens with one attached hydrogen (secondary N) is 1. The summed E-state index contributed by atoms with van der Waals surface area (Å²) < 4.78 is 30.7. The van der Waals surface area contributed by atoms with E-state index in [1.165, 1.54) is 32.2 Å². The number of ether oxygens (including phenoxy) is 1. The van der Waals surface area contributed by atoms with Gasteiger partial charge in [0.05, 0.1) is 23.1 Å². The predicted molar refractivity (Wildman–Crippen MR) is 64.9 cm³/mol. The molecule has 17 heavy (non-hydrogen) atoms. The maximum atomic E-state index is 11.8. The molecule has 7 heteroatoms. The molecule has 0 unspecified atom stereocenters. The Morgan fingerprint density at radius 3 is 2.65 bits per heavy atom. The van der Waals surface area contributed by atoms with Gasteiger partial charge in [0.25, 0.3) is 0 Å². The number of hydrogen-bond donors (Lipinski definition) is 2. The first-order valence-electron chi connectivity index (χ1n) is 4.88. The summed E-state index contributed by atoms with van der Waals surface area (Å²) in [4.78, 5) is 0.0314. The van der Waals surface area contributed by atoms with Crippen LogP contribution < -0.4 is 9.46 Å². The highest BCUT2D eigenvalue weighted by Crippen LogP contribution is 2.26. The topological polar surface area (TPSA) is 75.6 Å². The molecule has 0 fully saturated rings. The van der Waals surface area contributed by atoms with E-state index in [1.807, 2.05) is 0 Å². The largest absolute Gasteiger partial charge is 0.495 e. The van der Waals surface area contributed by atoms with Gasteiger partial charge in [-0.1, -0.05) is 11.6 Å². The van der Waals surface area contributed by atoms with E-state index in [4.69, 9.17) is 21.4 Å². The predicted octanol–water partition coefficient (Wildman–Crippen LogP) is 1.01. The van der Waals surface area contributed by atoms with E-state index in [0.29, 0.717) is 5.75 Å². The lowest BCUT2D eigenvalue weighted by Gasteiger charge is -2.09. The molecule has 1 aromatic rings. The van der Waals surface area contributed by atoms with Crippen molar-refractivity contribution in [3.63, 3.8) is 0 Å². The fourth-order valence-corrected chi connectivity index (χ4v) is 2.60. The molecule has 0 saturated carbocycles. The Bertz CT molecular complexity index is 487. The fourth-order valence-electron chi connectivity index (χ4n) is 1.13. The molecule has 0 aliphatic carbocycles. The van der Waals surface area contributed by atoms with Gasteiger partial charge in [-0.2, -0.15) is 0 Å². The molecule has 0 bridgehead atoms. The summed E-state index contributed by atoms with van der Waals surface area (Å²) >= 11 is 5.83. The average Bonchev–Trinajstić information content (AvgIpc) is 2.26. The van der Waals surface area contributed by atoms with Crippen LogP contribution in [0.15, 0.2) is 23.1 Å². The lowest BCUT2D eigenvalue weighted by molar-refractivity contribution is 0.198. The van der Waals surface area contributed by atoms with Crippen molar-refractivity contribution in [3.05, 3.63) is 23.2 Å². The van der Waals surface area contributed by atoms with Crippen molar-refractivity contribution in [1.29, 1.82) is 0 Å². The van der Waals surface area contributed by atoms with E-state index in [1.54, 1.807) is 0 Å². The zero-order valence-electron chi connectivity index (χ0n) is 9.47. The van der Waals surface area contributed by atoms with Crippen LogP contribution in [0.4, 0.5) is 0 Å². The third-order valence-electron chi connectivity index (χ3n) is 2.00. The minimum Gasteiger partial charge on any atom is -0.495 e. The summed E-state index contributed by atoms with van der Waals surface area (Å²) in [6, 6.07) is 4.15. The van der Waals surface area contributed by atoms with Gasteiger partial charge in [-0.3, -0.25) is 0 Å².